The summed E-state index contributed by atoms with van der Waals surface area (Å²) in [5.74, 6) is 1.79. The molecular formula is C8H14O. The Bertz CT molecular complexity index is 108. The molecule has 2 fully saturated rings. The lowest BCUT2D eigenvalue weighted by molar-refractivity contribution is 0.309. The van der Waals surface area contributed by atoms with Crippen LogP contribution in [0.1, 0.15) is 26.7 Å². The van der Waals surface area contributed by atoms with Crippen LogP contribution in [0.2, 0.25) is 0 Å². The van der Waals surface area contributed by atoms with E-state index in [1.54, 1.807) is 0 Å². The zero-order valence-corrected chi connectivity index (χ0v) is 6.13. The maximum Gasteiger partial charge on any atom is 0.0844 e. The van der Waals surface area contributed by atoms with Crippen molar-refractivity contribution in [3.63, 3.8) is 0 Å². The van der Waals surface area contributed by atoms with Crippen LogP contribution in [0.15, 0.2) is 0 Å². The fourth-order valence-corrected chi connectivity index (χ4v) is 1.79. The summed E-state index contributed by atoms with van der Waals surface area (Å²) < 4.78 is 5.42. The second kappa shape index (κ2) is 1.72. The Hall–Kier alpha value is -0.0400. The molecule has 0 aromatic heterocycles. The Balaban J connectivity index is 1.98. The van der Waals surface area contributed by atoms with E-state index < -0.39 is 0 Å². The molecule has 0 radical (unpaired) electrons. The molecule has 0 bridgehead atoms. The highest BCUT2D eigenvalue weighted by molar-refractivity contribution is 4.93. The third-order valence-corrected chi connectivity index (χ3v) is 2.87. The van der Waals surface area contributed by atoms with Crippen LogP contribution in [-0.2, 0) is 4.74 Å². The molecule has 4 atom stereocenters. The van der Waals surface area contributed by atoms with E-state index >= 15 is 0 Å². The maximum absolute atomic E-state index is 5.42. The van der Waals surface area contributed by atoms with Crippen molar-refractivity contribution in [3.8, 4) is 0 Å². The van der Waals surface area contributed by atoms with Gasteiger partial charge in [-0.2, -0.15) is 0 Å². The number of hydrogen-bond acceptors (Lipinski definition) is 1. The Morgan fingerprint density at radius 1 is 1.00 bits per heavy atom. The highest BCUT2D eigenvalue weighted by atomic mass is 16.6. The smallest absolute Gasteiger partial charge is 0.0844 e. The van der Waals surface area contributed by atoms with Crippen molar-refractivity contribution in [1.29, 1.82) is 0 Å². The Morgan fingerprint density at radius 3 is 1.89 bits per heavy atom. The lowest BCUT2D eigenvalue weighted by atomic mass is 9.82. The standard InChI is InChI=1S/C8H14O/c1-5-3-7-8(9-7)4-6(5)2/h5-8H,3-4H2,1-2H3/t5-,6+,7-,8+. The molecule has 9 heavy (non-hydrogen) atoms. The van der Waals surface area contributed by atoms with E-state index in [1.807, 2.05) is 0 Å². The van der Waals surface area contributed by atoms with E-state index in [4.69, 9.17) is 4.74 Å². The van der Waals surface area contributed by atoms with Gasteiger partial charge in [0, 0.05) is 0 Å². The van der Waals surface area contributed by atoms with Gasteiger partial charge in [0.2, 0.25) is 0 Å². The van der Waals surface area contributed by atoms with Gasteiger partial charge in [-0.1, -0.05) is 13.8 Å². The highest BCUT2D eigenvalue weighted by Crippen LogP contribution is 2.42. The van der Waals surface area contributed by atoms with Crippen LogP contribution in [0.3, 0.4) is 0 Å². The van der Waals surface area contributed by atoms with Gasteiger partial charge >= 0.3 is 0 Å². The number of epoxide rings is 1. The minimum absolute atomic E-state index is 0.663. The summed E-state index contributed by atoms with van der Waals surface area (Å²) in [5.41, 5.74) is 0. The first-order valence-electron chi connectivity index (χ1n) is 3.93. The molecular weight excluding hydrogens is 112 g/mol. The molecule has 0 N–H and O–H groups in total. The summed E-state index contributed by atoms with van der Waals surface area (Å²) in [6.45, 7) is 4.67. The number of rotatable bonds is 0. The SMILES string of the molecule is C[C@@H]1C[C@H]2O[C@H]2C[C@@H]1C. The van der Waals surface area contributed by atoms with Gasteiger partial charge in [0.05, 0.1) is 12.2 Å². The van der Waals surface area contributed by atoms with Crippen LogP contribution in [0.5, 0.6) is 0 Å². The summed E-state index contributed by atoms with van der Waals surface area (Å²) in [7, 11) is 0. The van der Waals surface area contributed by atoms with Crippen molar-refractivity contribution >= 4 is 0 Å². The van der Waals surface area contributed by atoms with Crippen LogP contribution in [-0.4, -0.2) is 12.2 Å². The van der Waals surface area contributed by atoms with Gasteiger partial charge in [0.25, 0.3) is 0 Å². The first kappa shape index (κ1) is 5.72. The first-order valence-corrected chi connectivity index (χ1v) is 3.93. The molecule has 1 aliphatic heterocycles. The van der Waals surface area contributed by atoms with Gasteiger partial charge in [0.1, 0.15) is 0 Å². The fourth-order valence-electron chi connectivity index (χ4n) is 1.79. The molecule has 0 spiro atoms. The third kappa shape index (κ3) is 0.877. The zero-order chi connectivity index (χ0) is 6.43. The minimum Gasteiger partial charge on any atom is -0.370 e. The molecule has 0 aromatic carbocycles. The number of ether oxygens (including phenoxy) is 1. The Labute approximate surface area is 56.4 Å². The molecule has 1 saturated carbocycles. The van der Waals surface area contributed by atoms with E-state index in [9.17, 15) is 0 Å². The summed E-state index contributed by atoms with van der Waals surface area (Å²) >= 11 is 0. The number of hydrogen-bond donors (Lipinski definition) is 0. The summed E-state index contributed by atoms with van der Waals surface area (Å²) in [6, 6.07) is 0. The molecule has 0 aromatic rings. The molecule has 1 saturated heterocycles. The lowest BCUT2D eigenvalue weighted by Crippen LogP contribution is -2.19. The first-order chi connectivity index (χ1) is 4.27. The lowest BCUT2D eigenvalue weighted by Gasteiger charge is -2.21. The van der Waals surface area contributed by atoms with E-state index in [0.717, 1.165) is 11.8 Å². The quantitative estimate of drug-likeness (QED) is 0.451. The van der Waals surface area contributed by atoms with Crippen molar-refractivity contribution in [1.82, 2.24) is 0 Å². The van der Waals surface area contributed by atoms with Crippen molar-refractivity contribution < 1.29 is 4.74 Å². The summed E-state index contributed by atoms with van der Waals surface area (Å²) in [5, 5.41) is 0. The van der Waals surface area contributed by atoms with Gasteiger partial charge in [-0.15, -0.1) is 0 Å². The minimum atomic E-state index is 0.663. The van der Waals surface area contributed by atoms with E-state index in [-0.39, 0.29) is 0 Å². The van der Waals surface area contributed by atoms with Crippen molar-refractivity contribution in [2.75, 3.05) is 0 Å². The van der Waals surface area contributed by atoms with Gasteiger partial charge in [0.15, 0.2) is 0 Å². The number of fused-ring (bicyclic) bond motifs is 1. The van der Waals surface area contributed by atoms with Gasteiger partial charge in [-0.05, 0) is 24.7 Å². The maximum atomic E-state index is 5.42. The molecule has 1 heterocycles. The Kier molecular flexibility index (Phi) is 1.10. The van der Waals surface area contributed by atoms with Gasteiger partial charge < -0.3 is 4.74 Å². The van der Waals surface area contributed by atoms with Crippen molar-refractivity contribution in [2.24, 2.45) is 11.8 Å². The topological polar surface area (TPSA) is 12.5 Å². The monoisotopic (exact) mass is 126 g/mol. The molecule has 1 heteroatoms. The largest absolute Gasteiger partial charge is 0.370 e. The van der Waals surface area contributed by atoms with E-state index in [1.165, 1.54) is 12.8 Å². The molecule has 1 aliphatic carbocycles. The molecule has 0 unspecified atom stereocenters. The van der Waals surface area contributed by atoms with Crippen LogP contribution in [0.25, 0.3) is 0 Å². The second-order valence-electron chi connectivity index (χ2n) is 3.64. The summed E-state index contributed by atoms with van der Waals surface area (Å²) in [4.78, 5) is 0. The second-order valence-corrected chi connectivity index (χ2v) is 3.64. The predicted molar refractivity (Wildman–Crippen MR) is 36.2 cm³/mol. The van der Waals surface area contributed by atoms with E-state index in [0.29, 0.717) is 12.2 Å². The van der Waals surface area contributed by atoms with Crippen LogP contribution >= 0.6 is 0 Å². The van der Waals surface area contributed by atoms with Crippen molar-refractivity contribution in [2.45, 2.75) is 38.9 Å². The summed E-state index contributed by atoms with van der Waals surface area (Å²) in [6.07, 6.45) is 3.95. The molecule has 1 nitrogen and oxygen atoms in total. The molecule has 2 aliphatic rings. The third-order valence-electron chi connectivity index (χ3n) is 2.87. The average molecular weight is 126 g/mol. The fraction of sp³-hybridized carbons (Fsp3) is 1.00. The highest BCUT2D eigenvalue weighted by Gasteiger charge is 2.45. The van der Waals surface area contributed by atoms with Gasteiger partial charge in [-0.25, -0.2) is 0 Å². The molecule has 2 rings (SSSR count). The van der Waals surface area contributed by atoms with Crippen molar-refractivity contribution in [3.05, 3.63) is 0 Å². The van der Waals surface area contributed by atoms with Crippen LogP contribution in [0, 0.1) is 11.8 Å². The Morgan fingerprint density at radius 2 is 1.44 bits per heavy atom. The van der Waals surface area contributed by atoms with Gasteiger partial charge in [-0.3, -0.25) is 0 Å². The van der Waals surface area contributed by atoms with Crippen LogP contribution in [0.4, 0.5) is 0 Å². The van der Waals surface area contributed by atoms with Crippen LogP contribution < -0.4 is 0 Å². The predicted octanol–water partition coefficient (Wildman–Crippen LogP) is 1.82. The normalized spacial score (nSPS) is 56.7. The molecule has 52 valence electrons. The average Bonchev–Trinajstić information content (AvgIpc) is 2.46. The zero-order valence-electron chi connectivity index (χ0n) is 6.13. The molecule has 0 amide bonds. The van der Waals surface area contributed by atoms with E-state index in [2.05, 4.69) is 13.8 Å².